The van der Waals surface area contributed by atoms with Gasteiger partial charge in [-0.3, -0.25) is 4.79 Å². The van der Waals surface area contributed by atoms with E-state index >= 15 is 0 Å². The molecule has 1 aromatic carbocycles. The van der Waals surface area contributed by atoms with Gasteiger partial charge in [0.25, 0.3) is 0 Å². The first-order valence-corrected chi connectivity index (χ1v) is 5.66. The Balaban J connectivity index is 3.02. The summed E-state index contributed by atoms with van der Waals surface area (Å²) in [5.74, 6) is 0.614. The van der Waals surface area contributed by atoms with E-state index in [0.717, 1.165) is 18.4 Å². The van der Waals surface area contributed by atoms with Crippen LogP contribution in [0.4, 0.5) is 18.9 Å². The first kappa shape index (κ1) is 15.8. The van der Waals surface area contributed by atoms with Crippen LogP contribution < -0.4 is 9.64 Å². The van der Waals surface area contributed by atoms with Gasteiger partial charge in [-0.25, -0.2) is 0 Å². The zero-order valence-electron chi connectivity index (χ0n) is 11.0. The Morgan fingerprint density at radius 3 is 2.30 bits per heavy atom. The molecule has 6 heteroatoms. The van der Waals surface area contributed by atoms with Crippen LogP contribution in [0.5, 0.6) is 5.75 Å². The number of alkyl halides is 3. The number of allylic oxidation sites excluding steroid dienone is 3. The highest BCUT2D eigenvalue weighted by Gasteiger charge is 2.32. The van der Waals surface area contributed by atoms with E-state index in [0.29, 0.717) is 17.7 Å². The Bertz CT molecular complexity index is 504. The maximum atomic E-state index is 12.8. The van der Waals surface area contributed by atoms with Crippen LogP contribution in [0, 0.1) is 0 Å². The number of methoxy groups -OCH3 is 1. The summed E-state index contributed by atoms with van der Waals surface area (Å²) in [6.07, 6.45) is -1.77. The molecule has 0 unspecified atom stereocenters. The number of anilines is 1. The van der Waals surface area contributed by atoms with Gasteiger partial charge in [-0.1, -0.05) is 0 Å². The molecule has 0 aromatic heterocycles. The number of nitrogens with zero attached hydrogens (tertiary/aromatic N) is 1. The zero-order chi connectivity index (χ0) is 15.2. The molecule has 0 radical (unpaired) electrons. The molecule has 0 saturated carbocycles. The molecular formula is C14H14F3NO2. The monoisotopic (exact) mass is 285 g/mol. The predicted molar refractivity (Wildman–Crippen MR) is 70.7 cm³/mol. The summed E-state index contributed by atoms with van der Waals surface area (Å²) < 4.78 is 43.2. The van der Waals surface area contributed by atoms with Crippen LogP contribution in [-0.4, -0.2) is 26.6 Å². The van der Waals surface area contributed by atoms with Crippen molar-refractivity contribution in [3.63, 3.8) is 0 Å². The van der Waals surface area contributed by atoms with Crippen molar-refractivity contribution in [1.29, 1.82) is 0 Å². The standard InChI is InChI=1S/C14H14F3NO2/c1-18(12-5-7-13(20-2)8-6-12)10-11(4-3-9-19)14(15,16)17/h3-10H,1-2H3/b4-3-,11-10+. The lowest BCUT2D eigenvalue weighted by molar-refractivity contribution is -0.104. The first-order chi connectivity index (χ1) is 9.38. The van der Waals surface area contributed by atoms with E-state index < -0.39 is 11.7 Å². The van der Waals surface area contributed by atoms with Gasteiger partial charge >= 0.3 is 6.18 Å². The highest BCUT2D eigenvalue weighted by atomic mass is 19.4. The molecule has 108 valence electrons. The fourth-order valence-electron chi connectivity index (χ4n) is 1.45. The van der Waals surface area contributed by atoms with Crippen molar-refractivity contribution in [1.82, 2.24) is 0 Å². The minimum atomic E-state index is -4.53. The smallest absolute Gasteiger partial charge is 0.417 e. The number of carbonyl (C=O) groups excluding carboxylic acids is 1. The Morgan fingerprint density at radius 1 is 1.25 bits per heavy atom. The highest BCUT2D eigenvalue weighted by molar-refractivity contribution is 5.66. The fraction of sp³-hybridized carbons (Fsp3) is 0.214. The number of benzene rings is 1. The van der Waals surface area contributed by atoms with Crippen molar-refractivity contribution in [3.05, 3.63) is 48.2 Å². The van der Waals surface area contributed by atoms with Crippen molar-refractivity contribution < 1.29 is 22.7 Å². The van der Waals surface area contributed by atoms with Gasteiger partial charge in [0, 0.05) is 18.9 Å². The van der Waals surface area contributed by atoms with Crippen molar-refractivity contribution in [2.24, 2.45) is 0 Å². The van der Waals surface area contributed by atoms with E-state index in [1.807, 2.05) is 0 Å². The summed E-state index contributed by atoms with van der Waals surface area (Å²) in [6, 6.07) is 6.56. The topological polar surface area (TPSA) is 29.5 Å². The molecule has 0 N–H and O–H groups in total. The molecule has 20 heavy (non-hydrogen) atoms. The van der Waals surface area contributed by atoms with E-state index in [2.05, 4.69) is 0 Å². The van der Waals surface area contributed by atoms with Crippen molar-refractivity contribution in [2.75, 3.05) is 19.1 Å². The Kier molecular flexibility index (Phi) is 5.37. The number of carbonyl (C=O) groups is 1. The second-order valence-electron chi connectivity index (χ2n) is 3.89. The second kappa shape index (κ2) is 6.79. The molecule has 0 fully saturated rings. The van der Waals surface area contributed by atoms with Crippen LogP contribution in [0.15, 0.2) is 48.2 Å². The van der Waals surface area contributed by atoms with E-state index in [1.54, 1.807) is 24.3 Å². The molecule has 0 heterocycles. The summed E-state index contributed by atoms with van der Waals surface area (Å²) in [7, 11) is 2.99. The van der Waals surface area contributed by atoms with Crippen LogP contribution in [0.2, 0.25) is 0 Å². The lowest BCUT2D eigenvalue weighted by atomic mass is 10.2. The predicted octanol–water partition coefficient (Wildman–Crippen LogP) is 3.33. The number of hydrogen-bond acceptors (Lipinski definition) is 3. The maximum absolute atomic E-state index is 12.8. The minimum absolute atomic E-state index is 0.299. The third-order valence-electron chi connectivity index (χ3n) is 2.49. The summed E-state index contributed by atoms with van der Waals surface area (Å²) >= 11 is 0. The molecule has 0 bridgehead atoms. The number of hydrogen-bond donors (Lipinski definition) is 0. The average molecular weight is 285 g/mol. The Hall–Kier alpha value is -2.24. The number of rotatable bonds is 5. The van der Waals surface area contributed by atoms with E-state index in [1.165, 1.54) is 19.1 Å². The van der Waals surface area contributed by atoms with Gasteiger partial charge in [0.15, 0.2) is 0 Å². The zero-order valence-corrected chi connectivity index (χ0v) is 11.0. The van der Waals surface area contributed by atoms with Crippen molar-refractivity contribution in [2.45, 2.75) is 6.18 Å². The molecule has 1 aromatic rings. The molecule has 0 aliphatic rings. The molecule has 0 aliphatic heterocycles. The van der Waals surface area contributed by atoms with Crippen LogP contribution in [0.25, 0.3) is 0 Å². The summed E-state index contributed by atoms with van der Waals surface area (Å²) in [4.78, 5) is 11.5. The normalized spacial score (nSPS) is 12.6. The molecule has 0 amide bonds. The summed E-state index contributed by atoms with van der Waals surface area (Å²) in [5.41, 5.74) is -0.352. The Morgan fingerprint density at radius 2 is 1.85 bits per heavy atom. The molecule has 1 rings (SSSR count). The average Bonchev–Trinajstić information content (AvgIpc) is 2.42. The highest BCUT2D eigenvalue weighted by Crippen LogP contribution is 2.28. The number of aldehydes is 1. The summed E-state index contributed by atoms with van der Waals surface area (Å²) in [5, 5.41) is 0. The molecule has 0 spiro atoms. The lowest BCUT2D eigenvalue weighted by Crippen LogP contribution is -2.16. The van der Waals surface area contributed by atoms with Crippen molar-refractivity contribution >= 4 is 12.0 Å². The van der Waals surface area contributed by atoms with Crippen LogP contribution in [-0.2, 0) is 4.79 Å². The van der Waals surface area contributed by atoms with Gasteiger partial charge in [-0.05, 0) is 36.4 Å². The van der Waals surface area contributed by atoms with Gasteiger partial charge in [0.2, 0.25) is 0 Å². The van der Waals surface area contributed by atoms with E-state index in [4.69, 9.17) is 4.74 Å². The quantitative estimate of drug-likeness (QED) is 0.472. The third-order valence-corrected chi connectivity index (χ3v) is 2.49. The maximum Gasteiger partial charge on any atom is 0.417 e. The number of halogens is 3. The van der Waals surface area contributed by atoms with Crippen LogP contribution >= 0.6 is 0 Å². The minimum Gasteiger partial charge on any atom is -0.497 e. The van der Waals surface area contributed by atoms with Gasteiger partial charge in [-0.15, -0.1) is 0 Å². The fourth-order valence-corrected chi connectivity index (χ4v) is 1.45. The largest absolute Gasteiger partial charge is 0.497 e. The molecule has 0 saturated heterocycles. The first-order valence-electron chi connectivity index (χ1n) is 5.66. The van der Waals surface area contributed by atoms with Gasteiger partial charge in [-0.2, -0.15) is 13.2 Å². The summed E-state index contributed by atoms with van der Waals surface area (Å²) in [6.45, 7) is 0. The van der Waals surface area contributed by atoms with Crippen LogP contribution in [0.1, 0.15) is 0 Å². The SMILES string of the molecule is COc1ccc(N(C)/C=C(\C=C/C=O)C(F)(F)F)cc1. The van der Waals surface area contributed by atoms with Gasteiger partial charge in [0.05, 0.1) is 12.7 Å². The molecule has 0 atom stereocenters. The second-order valence-corrected chi connectivity index (χ2v) is 3.89. The molecule has 3 nitrogen and oxygen atoms in total. The Labute approximate surface area is 115 Å². The lowest BCUT2D eigenvalue weighted by Gasteiger charge is -2.17. The molecule has 0 aliphatic carbocycles. The van der Waals surface area contributed by atoms with Gasteiger partial charge < -0.3 is 9.64 Å². The molecular weight excluding hydrogens is 271 g/mol. The van der Waals surface area contributed by atoms with Crippen LogP contribution in [0.3, 0.4) is 0 Å². The number of ether oxygens (including phenoxy) is 1. The van der Waals surface area contributed by atoms with E-state index in [-0.39, 0.29) is 0 Å². The van der Waals surface area contributed by atoms with E-state index in [9.17, 15) is 18.0 Å². The third kappa shape index (κ3) is 4.46. The van der Waals surface area contributed by atoms with Gasteiger partial charge in [0.1, 0.15) is 12.0 Å². The van der Waals surface area contributed by atoms with Crippen molar-refractivity contribution in [3.8, 4) is 5.75 Å².